The van der Waals surface area contributed by atoms with Crippen LogP contribution >= 0.6 is 0 Å². The fraction of sp³-hybridized carbons (Fsp3) is 0.500. The van der Waals surface area contributed by atoms with Gasteiger partial charge in [0.15, 0.2) is 0 Å². The van der Waals surface area contributed by atoms with Gasteiger partial charge >= 0.3 is 29.6 Å². The van der Waals surface area contributed by atoms with E-state index in [0.717, 1.165) is 6.29 Å². The van der Waals surface area contributed by atoms with Gasteiger partial charge in [-0.05, 0) is 6.92 Å². The monoisotopic (exact) mass is 110 g/mol. The summed E-state index contributed by atoms with van der Waals surface area (Å²) >= 11 is 0. The van der Waals surface area contributed by atoms with Crippen molar-refractivity contribution in [2.24, 2.45) is 0 Å². The van der Waals surface area contributed by atoms with Crippen molar-refractivity contribution < 1.29 is 39.1 Å². The summed E-state index contributed by atoms with van der Waals surface area (Å²) in [6, 6.07) is 0. The molecule has 0 aromatic heterocycles. The van der Waals surface area contributed by atoms with E-state index in [1.54, 1.807) is 0 Å². The SMILES string of the molecule is CC=O.C[C-]=O.[Na+]. The minimum absolute atomic E-state index is 0. The minimum atomic E-state index is 0. The number of aldehydes is 1. The predicted octanol–water partition coefficient (Wildman–Crippen LogP) is -2.67. The summed E-state index contributed by atoms with van der Waals surface area (Å²) in [7, 11) is 0. The average Bonchev–Trinajstić information content (AvgIpc) is 1.39. The summed E-state index contributed by atoms with van der Waals surface area (Å²) in [6.45, 7) is 2.76. The van der Waals surface area contributed by atoms with Gasteiger partial charge in [0.2, 0.25) is 0 Å². The second kappa shape index (κ2) is 33.0. The van der Waals surface area contributed by atoms with E-state index >= 15 is 0 Å². The molecule has 0 aromatic carbocycles. The molecule has 0 spiro atoms. The molecular weight excluding hydrogens is 103 g/mol. The molecular formula is C4H7NaO2. The zero-order chi connectivity index (χ0) is 5.41. The Labute approximate surface area is 65.6 Å². The second-order valence-electron chi connectivity index (χ2n) is 0.440. The van der Waals surface area contributed by atoms with Gasteiger partial charge < -0.3 is 9.59 Å². The number of hydrogen-bond acceptors (Lipinski definition) is 2. The van der Waals surface area contributed by atoms with Gasteiger partial charge in [0.05, 0.1) is 0 Å². The number of carbonyl (C=O) groups is 1. The van der Waals surface area contributed by atoms with E-state index in [1.165, 1.54) is 20.1 Å². The van der Waals surface area contributed by atoms with Crippen molar-refractivity contribution >= 4 is 12.6 Å². The Morgan fingerprint density at radius 2 is 1.57 bits per heavy atom. The van der Waals surface area contributed by atoms with Gasteiger partial charge in [-0.25, -0.2) is 0 Å². The van der Waals surface area contributed by atoms with Crippen molar-refractivity contribution in [3.05, 3.63) is 0 Å². The maximum atomic E-state index is 8.81. The van der Waals surface area contributed by atoms with Gasteiger partial charge in [-0.15, -0.1) is 0 Å². The van der Waals surface area contributed by atoms with Crippen LogP contribution in [0, 0.1) is 0 Å². The molecule has 0 amide bonds. The third-order valence-corrected chi connectivity index (χ3v) is 0. The molecule has 0 rings (SSSR count). The van der Waals surface area contributed by atoms with E-state index in [4.69, 9.17) is 9.59 Å². The second-order valence-corrected chi connectivity index (χ2v) is 0.440. The topological polar surface area (TPSA) is 34.1 Å². The summed E-state index contributed by atoms with van der Waals surface area (Å²) in [6.07, 6.45) is 2.25. The molecule has 3 heteroatoms. The van der Waals surface area contributed by atoms with Crippen LogP contribution in [-0.4, -0.2) is 12.6 Å². The van der Waals surface area contributed by atoms with Gasteiger partial charge in [0, 0.05) is 0 Å². The van der Waals surface area contributed by atoms with Crippen molar-refractivity contribution in [3.8, 4) is 0 Å². The average molecular weight is 110 g/mol. The molecule has 2 nitrogen and oxygen atoms in total. The van der Waals surface area contributed by atoms with Gasteiger partial charge in [0.25, 0.3) is 0 Å². The number of hydrogen-bond donors (Lipinski definition) is 0. The van der Waals surface area contributed by atoms with Crippen molar-refractivity contribution in [3.63, 3.8) is 0 Å². The zero-order valence-corrected chi connectivity index (χ0v) is 6.89. The molecule has 0 saturated carbocycles. The van der Waals surface area contributed by atoms with Crippen LogP contribution in [0.2, 0.25) is 0 Å². The van der Waals surface area contributed by atoms with Crippen molar-refractivity contribution in [2.75, 3.05) is 0 Å². The first-order chi connectivity index (χ1) is 2.83. The van der Waals surface area contributed by atoms with Crippen molar-refractivity contribution in [2.45, 2.75) is 13.8 Å². The van der Waals surface area contributed by atoms with Gasteiger partial charge in [-0.1, -0.05) is 0 Å². The van der Waals surface area contributed by atoms with Gasteiger partial charge in [-0.2, -0.15) is 6.92 Å². The van der Waals surface area contributed by atoms with E-state index < -0.39 is 0 Å². The molecule has 0 fully saturated rings. The summed E-state index contributed by atoms with van der Waals surface area (Å²) in [5.74, 6) is 0. The van der Waals surface area contributed by atoms with E-state index in [-0.39, 0.29) is 29.6 Å². The number of rotatable bonds is 0. The van der Waals surface area contributed by atoms with Crippen LogP contribution in [0.4, 0.5) is 0 Å². The first-order valence-electron chi connectivity index (χ1n) is 1.52. The molecule has 0 aliphatic heterocycles. The Kier molecular flexibility index (Phi) is 73.9. The molecule has 0 heterocycles. The summed E-state index contributed by atoms with van der Waals surface area (Å²) in [5.41, 5.74) is 0. The molecule has 36 valence electrons. The summed E-state index contributed by atoms with van der Waals surface area (Å²) in [4.78, 5) is 17.5. The largest absolute Gasteiger partial charge is 1.00 e. The third kappa shape index (κ3) is 1030. The molecule has 0 unspecified atom stereocenters. The molecule has 0 aliphatic rings. The summed E-state index contributed by atoms with van der Waals surface area (Å²) < 4.78 is 0. The molecule has 0 aliphatic carbocycles. The Balaban J connectivity index is -0.0000000400. The van der Waals surface area contributed by atoms with Crippen LogP contribution < -0.4 is 29.6 Å². The standard InChI is InChI=1S/C2H4O.C2H3O.Na/c2*1-2-3;/h2H,1H3;1H3;/q;-1;+1. The third-order valence-electron chi connectivity index (χ3n) is 0. The quantitative estimate of drug-likeness (QED) is 0.193. The van der Waals surface area contributed by atoms with Gasteiger partial charge in [-0.3, -0.25) is 6.29 Å². The van der Waals surface area contributed by atoms with E-state index in [0.29, 0.717) is 0 Å². The molecule has 0 N–H and O–H groups in total. The van der Waals surface area contributed by atoms with Crippen LogP contribution in [-0.2, 0) is 9.59 Å². The van der Waals surface area contributed by atoms with E-state index in [9.17, 15) is 0 Å². The fourth-order valence-corrected chi connectivity index (χ4v) is 0. The van der Waals surface area contributed by atoms with E-state index in [1.807, 2.05) is 0 Å². The molecule has 0 radical (unpaired) electrons. The Morgan fingerprint density at radius 3 is 1.57 bits per heavy atom. The Hall–Kier alpha value is 0.340. The first kappa shape index (κ1) is 15.7. The molecule has 0 saturated heterocycles. The smallest absolute Gasteiger partial charge is 0.542 e. The molecule has 0 bridgehead atoms. The molecule has 0 aromatic rings. The minimum Gasteiger partial charge on any atom is -0.542 e. The Bertz CT molecular complexity index is 30.7. The fourth-order valence-electron chi connectivity index (χ4n) is 0. The van der Waals surface area contributed by atoms with Crippen LogP contribution in [0.15, 0.2) is 0 Å². The maximum absolute atomic E-state index is 8.81. The normalized spacial score (nSPS) is 3.71. The zero-order valence-electron chi connectivity index (χ0n) is 4.89. The predicted molar refractivity (Wildman–Crippen MR) is 23.1 cm³/mol. The van der Waals surface area contributed by atoms with Crippen LogP contribution in [0.25, 0.3) is 0 Å². The van der Waals surface area contributed by atoms with Crippen LogP contribution in [0.1, 0.15) is 13.8 Å². The molecule has 7 heavy (non-hydrogen) atoms. The van der Waals surface area contributed by atoms with Crippen molar-refractivity contribution in [1.29, 1.82) is 0 Å². The number of carbonyl (C=O) groups excluding carboxylic acids is 2. The van der Waals surface area contributed by atoms with Crippen LogP contribution in [0.5, 0.6) is 0 Å². The van der Waals surface area contributed by atoms with Crippen LogP contribution in [0.3, 0.4) is 0 Å². The maximum Gasteiger partial charge on any atom is 1.00 e. The molecule has 0 atom stereocenters. The Morgan fingerprint density at radius 1 is 1.57 bits per heavy atom. The van der Waals surface area contributed by atoms with Crippen molar-refractivity contribution in [1.82, 2.24) is 0 Å². The summed E-state index contributed by atoms with van der Waals surface area (Å²) in [5, 5.41) is 0. The van der Waals surface area contributed by atoms with Gasteiger partial charge in [0.1, 0.15) is 6.29 Å². The van der Waals surface area contributed by atoms with E-state index in [2.05, 4.69) is 0 Å². The first-order valence-corrected chi connectivity index (χ1v) is 1.52.